The first-order valence-corrected chi connectivity index (χ1v) is 8.33. The van der Waals surface area contributed by atoms with Gasteiger partial charge in [-0.1, -0.05) is 0 Å². The predicted octanol–water partition coefficient (Wildman–Crippen LogP) is 4.26. The molecule has 3 aromatic rings. The van der Waals surface area contributed by atoms with Crippen LogP contribution in [-0.4, -0.2) is 34.1 Å². The van der Waals surface area contributed by atoms with E-state index in [4.69, 9.17) is 4.42 Å². The Bertz CT molecular complexity index is 810. The van der Waals surface area contributed by atoms with Gasteiger partial charge in [0, 0.05) is 30.4 Å². The summed E-state index contributed by atoms with van der Waals surface area (Å²) >= 11 is 0. The molecule has 4 rings (SSSR count). The number of nitrogens with one attached hydrogen (secondary N) is 1. The third-order valence-electron chi connectivity index (χ3n) is 4.42. The molecule has 4 nitrogen and oxygen atoms in total. The number of H-pyrrole nitrogens is 1. The third-order valence-corrected chi connectivity index (χ3v) is 4.42. The number of alkyl halides is 1. The number of nitrogens with zero attached hydrogens (tertiary/aromatic N) is 2. The Morgan fingerprint density at radius 2 is 2.12 bits per heavy atom. The molecule has 0 bridgehead atoms. The number of hydrogen-bond donors (Lipinski definition) is 1. The van der Waals surface area contributed by atoms with Gasteiger partial charge >= 0.3 is 0 Å². The Morgan fingerprint density at radius 1 is 1.25 bits per heavy atom. The predicted molar refractivity (Wildman–Crippen MR) is 93.1 cm³/mol. The summed E-state index contributed by atoms with van der Waals surface area (Å²) in [7, 11) is 0. The zero-order valence-corrected chi connectivity index (χ0v) is 13.4. The summed E-state index contributed by atoms with van der Waals surface area (Å²) in [5.41, 5.74) is 1.88. The lowest BCUT2D eigenvalue weighted by molar-refractivity contribution is 0.138. The number of fused-ring (bicyclic) bond motifs is 1. The quantitative estimate of drug-likeness (QED) is 0.779. The Balaban J connectivity index is 1.41. The molecule has 0 aromatic carbocycles. The second-order valence-corrected chi connectivity index (χ2v) is 6.25. The number of aromatic amines is 1. The van der Waals surface area contributed by atoms with E-state index in [1.807, 2.05) is 36.4 Å². The van der Waals surface area contributed by atoms with Crippen LogP contribution in [0.15, 0.2) is 40.9 Å². The van der Waals surface area contributed by atoms with Crippen molar-refractivity contribution in [3.05, 3.63) is 53.7 Å². The highest BCUT2D eigenvalue weighted by Gasteiger charge is 2.19. The molecule has 24 heavy (non-hydrogen) atoms. The number of hydrogen-bond acceptors (Lipinski definition) is 3. The van der Waals surface area contributed by atoms with Gasteiger partial charge in [-0.15, -0.1) is 0 Å². The van der Waals surface area contributed by atoms with Crippen molar-refractivity contribution in [3.63, 3.8) is 0 Å². The van der Waals surface area contributed by atoms with Gasteiger partial charge in [-0.05, 0) is 55.3 Å². The first kappa shape index (κ1) is 15.1. The molecule has 0 saturated carbocycles. The summed E-state index contributed by atoms with van der Waals surface area (Å²) in [5.74, 6) is 1.74. The minimum Gasteiger partial charge on any atom is -0.460 e. The molecule has 0 atom stereocenters. The fourth-order valence-corrected chi connectivity index (χ4v) is 3.09. The van der Waals surface area contributed by atoms with Crippen molar-refractivity contribution in [1.29, 1.82) is 0 Å². The molecule has 124 valence electrons. The second-order valence-electron chi connectivity index (χ2n) is 6.25. The zero-order chi connectivity index (χ0) is 16.4. The number of pyridine rings is 1. The maximum absolute atomic E-state index is 13.2. The number of aromatic nitrogens is 2. The van der Waals surface area contributed by atoms with Crippen LogP contribution >= 0.6 is 0 Å². The van der Waals surface area contributed by atoms with Crippen molar-refractivity contribution in [3.8, 4) is 0 Å². The van der Waals surface area contributed by atoms with Gasteiger partial charge in [-0.25, -0.2) is 9.37 Å². The van der Waals surface area contributed by atoms with Gasteiger partial charge in [0.1, 0.15) is 23.3 Å². The Morgan fingerprint density at radius 3 is 2.96 bits per heavy atom. The monoisotopic (exact) mass is 325 g/mol. The summed E-state index contributed by atoms with van der Waals surface area (Å²) in [6.45, 7) is 2.35. The maximum Gasteiger partial charge on any atom is 0.137 e. The summed E-state index contributed by atoms with van der Waals surface area (Å²) in [4.78, 5) is 9.79. The third kappa shape index (κ3) is 3.41. The zero-order valence-electron chi connectivity index (χ0n) is 13.4. The average Bonchev–Trinajstić information content (AvgIpc) is 3.21. The van der Waals surface area contributed by atoms with Crippen molar-refractivity contribution in [1.82, 2.24) is 14.9 Å². The fourth-order valence-electron chi connectivity index (χ4n) is 3.09. The van der Waals surface area contributed by atoms with Crippen LogP contribution in [0.4, 0.5) is 4.39 Å². The van der Waals surface area contributed by atoms with Crippen molar-refractivity contribution < 1.29 is 8.81 Å². The van der Waals surface area contributed by atoms with Gasteiger partial charge in [-0.3, -0.25) is 4.90 Å². The SMILES string of the molecule is FC1CCN(Cc2ccc(/C=C/c3cc4cccnc4[nH]3)o2)CC1. The molecule has 0 unspecified atom stereocenters. The van der Waals surface area contributed by atoms with Gasteiger partial charge in [0.2, 0.25) is 0 Å². The van der Waals surface area contributed by atoms with Crippen LogP contribution in [0.5, 0.6) is 0 Å². The molecule has 5 heteroatoms. The largest absolute Gasteiger partial charge is 0.460 e. The van der Waals surface area contributed by atoms with Crippen LogP contribution in [0.1, 0.15) is 30.1 Å². The van der Waals surface area contributed by atoms with Crippen molar-refractivity contribution in [2.24, 2.45) is 0 Å². The van der Waals surface area contributed by atoms with Crippen molar-refractivity contribution >= 4 is 23.2 Å². The highest BCUT2D eigenvalue weighted by molar-refractivity contribution is 5.81. The second kappa shape index (κ2) is 6.61. The smallest absolute Gasteiger partial charge is 0.137 e. The summed E-state index contributed by atoms with van der Waals surface area (Å²) in [5, 5.41) is 1.09. The van der Waals surface area contributed by atoms with E-state index in [0.29, 0.717) is 12.8 Å². The Hall–Kier alpha value is -2.40. The minimum atomic E-state index is -0.637. The lowest BCUT2D eigenvalue weighted by atomic mass is 10.1. The Labute approximate surface area is 140 Å². The fraction of sp³-hybridized carbons (Fsp3) is 0.316. The number of likely N-dealkylation sites (tertiary alicyclic amines) is 1. The van der Waals surface area contributed by atoms with Crippen LogP contribution in [0.25, 0.3) is 23.2 Å². The lowest BCUT2D eigenvalue weighted by Gasteiger charge is -2.27. The molecule has 1 aliphatic heterocycles. The highest BCUT2D eigenvalue weighted by Crippen LogP contribution is 2.19. The molecule has 1 N–H and O–H groups in total. The van der Waals surface area contributed by atoms with Crippen LogP contribution in [0.2, 0.25) is 0 Å². The standard InChI is InChI=1S/C19H20FN3O/c20-15-7-10-23(11-8-15)13-18-6-5-17(24-18)4-3-16-12-14-2-1-9-21-19(14)22-16/h1-6,9,12,15H,7-8,10-11,13H2,(H,21,22)/b4-3+. The van der Waals surface area contributed by atoms with Gasteiger partial charge in [-0.2, -0.15) is 0 Å². The summed E-state index contributed by atoms with van der Waals surface area (Å²) in [6.07, 6.45) is 6.32. The minimum absolute atomic E-state index is 0.627. The highest BCUT2D eigenvalue weighted by atomic mass is 19.1. The molecule has 4 heterocycles. The van der Waals surface area contributed by atoms with Crippen LogP contribution in [0.3, 0.4) is 0 Å². The van der Waals surface area contributed by atoms with Crippen molar-refractivity contribution in [2.45, 2.75) is 25.6 Å². The molecule has 1 aliphatic rings. The van der Waals surface area contributed by atoms with E-state index in [1.54, 1.807) is 6.20 Å². The van der Waals surface area contributed by atoms with Gasteiger partial charge in [0.15, 0.2) is 0 Å². The van der Waals surface area contributed by atoms with E-state index in [-0.39, 0.29) is 0 Å². The topological polar surface area (TPSA) is 45.1 Å². The average molecular weight is 325 g/mol. The first-order chi connectivity index (χ1) is 11.8. The van der Waals surface area contributed by atoms with Crippen LogP contribution < -0.4 is 0 Å². The van der Waals surface area contributed by atoms with Crippen LogP contribution in [-0.2, 0) is 6.54 Å². The molecular formula is C19H20FN3O. The normalized spacial score (nSPS) is 17.2. The first-order valence-electron chi connectivity index (χ1n) is 8.33. The van der Waals surface area contributed by atoms with E-state index in [2.05, 4.69) is 20.9 Å². The molecule has 0 amide bonds. The van der Waals surface area contributed by atoms with Gasteiger partial charge in [0.25, 0.3) is 0 Å². The maximum atomic E-state index is 13.2. The summed E-state index contributed by atoms with van der Waals surface area (Å²) < 4.78 is 19.0. The molecule has 1 saturated heterocycles. The lowest BCUT2D eigenvalue weighted by Crippen LogP contribution is -2.33. The molecule has 0 radical (unpaired) electrons. The molecule has 3 aromatic heterocycles. The van der Waals surface area contributed by atoms with Gasteiger partial charge < -0.3 is 9.40 Å². The van der Waals surface area contributed by atoms with E-state index in [0.717, 1.165) is 47.9 Å². The number of halogens is 1. The molecule has 0 aliphatic carbocycles. The van der Waals surface area contributed by atoms with Crippen molar-refractivity contribution in [2.75, 3.05) is 13.1 Å². The van der Waals surface area contributed by atoms with E-state index >= 15 is 0 Å². The van der Waals surface area contributed by atoms with Gasteiger partial charge in [0.05, 0.1) is 6.54 Å². The van der Waals surface area contributed by atoms with E-state index in [1.165, 1.54) is 0 Å². The van der Waals surface area contributed by atoms with E-state index in [9.17, 15) is 4.39 Å². The number of furan rings is 1. The van der Waals surface area contributed by atoms with Crippen LogP contribution in [0, 0.1) is 0 Å². The molecule has 1 fully saturated rings. The summed E-state index contributed by atoms with van der Waals surface area (Å²) in [6, 6.07) is 9.97. The van der Waals surface area contributed by atoms with E-state index < -0.39 is 6.17 Å². The Kier molecular flexibility index (Phi) is 4.17. The number of rotatable bonds is 4. The molecule has 0 spiro atoms. The molecular weight excluding hydrogens is 305 g/mol. The number of piperidine rings is 1.